The van der Waals surface area contributed by atoms with Gasteiger partial charge in [0.1, 0.15) is 0 Å². The number of nitrogens with one attached hydrogen (secondary N) is 2. The zero-order valence-corrected chi connectivity index (χ0v) is 15.1. The SMILES string of the molecule is CCN1CCCC1CN1CC(C(=O)NC2CCCNC2C)CC1=O. The van der Waals surface area contributed by atoms with E-state index in [1.807, 2.05) is 4.90 Å². The summed E-state index contributed by atoms with van der Waals surface area (Å²) in [6.07, 6.45) is 4.88. The minimum absolute atomic E-state index is 0.0603. The van der Waals surface area contributed by atoms with Gasteiger partial charge in [0, 0.05) is 37.6 Å². The Balaban J connectivity index is 1.51. The van der Waals surface area contributed by atoms with E-state index in [2.05, 4.69) is 29.4 Å². The fraction of sp³-hybridized carbons (Fsp3) is 0.889. The second-order valence-electron chi connectivity index (χ2n) is 7.62. The first-order valence-corrected chi connectivity index (χ1v) is 9.64. The molecule has 6 heteroatoms. The molecule has 6 nitrogen and oxygen atoms in total. The molecule has 0 radical (unpaired) electrons. The quantitative estimate of drug-likeness (QED) is 0.771. The Morgan fingerprint density at radius 2 is 2.17 bits per heavy atom. The first-order chi connectivity index (χ1) is 11.6. The van der Waals surface area contributed by atoms with E-state index in [9.17, 15) is 9.59 Å². The third kappa shape index (κ3) is 3.91. The lowest BCUT2D eigenvalue weighted by atomic mass is 9.98. The lowest BCUT2D eigenvalue weighted by Gasteiger charge is -2.31. The number of carbonyl (C=O) groups excluding carboxylic acids is 2. The molecule has 0 bridgehead atoms. The maximum Gasteiger partial charge on any atom is 0.225 e. The average molecular weight is 336 g/mol. The van der Waals surface area contributed by atoms with Gasteiger partial charge in [0.05, 0.1) is 5.92 Å². The number of amides is 2. The van der Waals surface area contributed by atoms with Crippen LogP contribution in [0.1, 0.15) is 46.0 Å². The van der Waals surface area contributed by atoms with Crippen molar-refractivity contribution in [3.63, 3.8) is 0 Å². The number of piperidine rings is 1. The molecule has 0 spiro atoms. The highest BCUT2D eigenvalue weighted by molar-refractivity contribution is 5.89. The minimum Gasteiger partial charge on any atom is -0.352 e. The van der Waals surface area contributed by atoms with Gasteiger partial charge in [-0.15, -0.1) is 0 Å². The molecular formula is C18H32N4O2. The second-order valence-corrected chi connectivity index (χ2v) is 7.62. The summed E-state index contributed by atoms with van der Waals surface area (Å²) in [4.78, 5) is 29.3. The van der Waals surface area contributed by atoms with Crippen molar-refractivity contribution in [2.24, 2.45) is 5.92 Å². The zero-order valence-electron chi connectivity index (χ0n) is 15.1. The predicted molar refractivity (Wildman–Crippen MR) is 93.6 cm³/mol. The fourth-order valence-corrected chi connectivity index (χ4v) is 4.44. The van der Waals surface area contributed by atoms with Crippen LogP contribution in [0, 0.1) is 5.92 Å². The van der Waals surface area contributed by atoms with Crippen LogP contribution in [0.15, 0.2) is 0 Å². The van der Waals surface area contributed by atoms with Crippen molar-refractivity contribution in [1.29, 1.82) is 0 Å². The van der Waals surface area contributed by atoms with E-state index in [0.717, 1.165) is 39.0 Å². The highest BCUT2D eigenvalue weighted by Crippen LogP contribution is 2.23. The van der Waals surface area contributed by atoms with Gasteiger partial charge in [0.15, 0.2) is 0 Å². The van der Waals surface area contributed by atoms with Gasteiger partial charge in [-0.2, -0.15) is 0 Å². The van der Waals surface area contributed by atoms with Gasteiger partial charge in [0.2, 0.25) is 11.8 Å². The normalized spacial score (nSPS) is 34.8. The van der Waals surface area contributed by atoms with E-state index in [4.69, 9.17) is 0 Å². The molecule has 0 saturated carbocycles. The number of rotatable bonds is 5. The Morgan fingerprint density at radius 3 is 2.92 bits per heavy atom. The zero-order chi connectivity index (χ0) is 17.1. The van der Waals surface area contributed by atoms with Gasteiger partial charge in [-0.25, -0.2) is 0 Å². The number of carbonyl (C=O) groups is 2. The Kier molecular flexibility index (Phi) is 5.76. The number of hydrogen-bond acceptors (Lipinski definition) is 4. The smallest absolute Gasteiger partial charge is 0.225 e. The predicted octanol–water partition coefficient (Wildman–Crippen LogP) is 0.576. The second kappa shape index (κ2) is 7.83. The molecule has 3 rings (SSSR count). The maximum atomic E-state index is 12.6. The van der Waals surface area contributed by atoms with E-state index < -0.39 is 0 Å². The van der Waals surface area contributed by atoms with Crippen molar-refractivity contribution in [2.45, 2.75) is 64.1 Å². The molecule has 0 aromatic rings. The van der Waals surface area contributed by atoms with Gasteiger partial charge in [-0.1, -0.05) is 6.92 Å². The summed E-state index contributed by atoms with van der Waals surface area (Å²) in [6, 6.07) is 0.983. The van der Waals surface area contributed by atoms with E-state index in [-0.39, 0.29) is 23.8 Å². The van der Waals surface area contributed by atoms with Crippen LogP contribution >= 0.6 is 0 Å². The van der Waals surface area contributed by atoms with Crippen molar-refractivity contribution in [3.8, 4) is 0 Å². The Bertz CT molecular complexity index is 470. The molecule has 136 valence electrons. The number of likely N-dealkylation sites (N-methyl/N-ethyl adjacent to an activating group) is 1. The third-order valence-corrected chi connectivity index (χ3v) is 6.01. The Hall–Kier alpha value is -1.14. The molecule has 4 unspecified atom stereocenters. The number of hydrogen-bond donors (Lipinski definition) is 2. The monoisotopic (exact) mass is 336 g/mol. The van der Waals surface area contributed by atoms with E-state index in [0.29, 0.717) is 25.0 Å². The first kappa shape index (κ1) is 17.7. The largest absolute Gasteiger partial charge is 0.352 e. The Morgan fingerprint density at radius 1 is 1.33 bits per heavy atom. The van der Waals surface area contributed by atoms with Crippen molar-refractivity contribution in [3.05, 3.63) is 0 Å². The van der Waals surface area contributed by atoms with Crippen molar-refractivity contribution < 1.29 is 9.59 Å². The molecule has 0 aromatic heterocycles. The minimum atomic E-state index is -0.178. The van der Waals surface area contributed by atoms with E-state index in [1.54, 1.807) is 0 Å². The molecule has 2 N–H and O–H groups in total. The molecule has 2 amide bonds. The van der Waals surface area contributed by atoms with Gasteiger partial charge in [-0.05, 0) is 52.2 Å². The van der Waals surface area contributed by atoms with E-state index >= 15 is 0 Å². The van der Waals surface area contributed by atoms with Gasteiger partial charge in [-0.3, -0.25) is 14.5 Å². The molecule has 0 aliphatic carbocycles. The highest BCUT2D eigenvalue weighted by Gasteiger charge is 2.37. The van der Waals surface area contributed by atoms with Crippen LogP contribution in [0.25, 0.3) is 0 Å². The summed E-state index contributed by atoms with van der Waals surface area (Å²) in [5.41, 5.74) is 0. The average Bonchev–Trinajstić information content (AvgIpc) is 3.17. The standard InChI is InChI=1S/C18H32N4O2/c1-3-21-9-5-6-15(21)12-22-11-14(10-17(22)23)18(24)20-16-7-4-8-19-13(16)2/h13-16,19H,3-12H2,1-2H3,(H,20,24). The molecule has 3 aliphatic rings. The van der Waals surface area contributed by atoms with Crippen LogP contribution in [0.2, 0.25) is 0 Å². The third-order valence-electron chi connectivity index (χ3n) is 6.01. The molecule has 3 fully saturated rings. The van der Waals surface area contributed by atoms with Gasteiger partial charge >= 0.3 is 0 Å². The lowest BCUT2D eigenvalue weighted by Crippen LogP contribution is -2.53. The van der Waals surface area contributed by atoms with Gasteiger partial charge in [0.25, 0.3) is 0 Å². The molecule has 24 heavy (non-hydrogen) atoms. The van der Waals surface area contributed by atoms with Crippen LogP contribution in [-0.2, 0) is 9.59 Å². The lowest BCUT2D eigenvalue weighted by molar-refractivity contribution is -0.129. The molecule has 0 aromatic carbocycles. The van der Waals surface area contributed by atoms with Crippen LogP contribution in [0.5, 0.6) is 0 Å². The van der Waals surface area contributed by atoms with Gasteiger partial charge < -0.3 is 15.5 Å². The molecule has 3 aliphatic heterocycles. The Labute approximate surface area is 145 Å². The van der Waals surface area contributed by atoms with Crippen LogP contribution < -0.4 is 10.6 Å². The van der Waals surface area contributed by atoms with Crippen molar-refractivity contribution in [2.75, 3.05) is 32.7 Å². The van der Waals surface area contributed by atoms with Crippen LogP contribution in [-0.4, -0.2) is 72.5 Å². The van der Waals surface area contributed by atoms with Crippen LogP contribution in [0.4, 0.5) is 0 Å². The first-order valence-electron chi connectivity index (χ1n) is 9.64. The van der Waals surface area contributed by atoms with Crippen LogP contribution in [0.3, 0.4) is 0 Å². The summed E-state index contributed by atoms with van der Waals surface area (Å²) in [7, 11) is 0. The highest BCUT2D eigenvalue weighted by atomic mass is 16.2. The summed E-state index contributed by atoms with van der Waals surface area (Å²) >= 11 is 0. The summed E-state index contributed by atoms with van der Waals surface area (Å²) in [6.45, 7) is 8.89. The van der Waals surface area contributed by atoms with Crippen molar-refractivity contribution in [1.82, 2.24) is 20.4 Å². The number of likely N-dealkylation sites (tertiary alicyclic amines) is 2. The molecule has 3 heterocycles. The fourth-order valence-electron chi connectivity index (χ4n) is 4.44. The molecule has 4 atom stereocenters. The molecule has 3 saturated heterocycles. The molecular weight excluding hydrogens is 304 g/mol. The number of nitrogens with zero attached hydrogens (tertiary/aromatic N) is 2. The van der Waals surface area contributed by atoms with E-state index in [1.165, 1.54) is 12.8 Å². The maximum absolute atomic E-state index is 12.6. The van der Waals surface area contributed by atoms with Crippen molar-refractivity contribution >= 4 is 11.8 Å². The summed E-state index contributed by atoms with van der Waals surface area (Å²) in [5, 5.41) is 6.58. The summed E-state index contributed by atoms with van der Waals surface area (Å²) in [5.74, 6) is 0.0289. The topological polar surface area (TPSA) is 64.7 Å². The summed E-state index contributed by atoms with van der Waals surface area (Å²) < 4.78 is 0.